The normalized spacial score (nSPS) is 11.8. The van der Waals surface area contributed by atoms with Gasteiger partial charge in [-0.15, -0.1) is 0 Å². The Balaban J connectivity index is 1.96. The molecular weight excluding hydrogens is 257 g/mol. The number of hydrogen-bond acceptors (Lipinski definition) is 3. The summed E-state index contributed by atoms with van der Waals surface area (Å²) in [6.07, 6.45) is 0.909. The second-order valence-electron chi connectivity index (χ2n) is 4.12. The molecule has 2 aromatic heterocycles. The molecule has 0 radical (unpaired) electrons. The van der Waals surface area contributed by atoms with Crippen molar-refractivity contribution in [3.8, 4) is 0 Å². The van der Waals surface area contributed by atoms with Gasteiger partial charge in [-0.25, -0.2) is 0 Å². The fourth-order valence-electron chi connectivity index (χ4n) is 1.62. The number of nitrogens with two attached hydrogens (primary N) is 1. The van der Waals surface area contributed by atoms with Crippen molar-refractivity contribution in [1.82, 2.24) is 14.8 Å². The summed E-state index contributed by atoms with van der Waals surface area (Å²) in [5, 5.41) is 4.10. The van der Waals surface area contributed by atoms with E-state index in [2.05, 4.69) is 10.1 Å². The molecule has 0 amide bonds. The molecular formula is C12H13F3N4. The molecule has 0 unspecified atom stereocenters. The van der Waals surface area contributed by atoms with Gasteiger partial charge in [-0.3, -0.25) is 9.67 Å². The van der Waals surface area contributed by atoms with Crippen molar-refractivity contribution >= 4 is 0 Å². The molecule has 4 nitrogen and oxygen atoms in total. The van der Waals surface area contributed by atoms with Crippen molar-refractivity contribution in [2.24, 2.45) is 5.73 Å². The zero-order valence-electron chi connectivity index (χ0n) is 10.1. The molecule has 0 bridgehead atoms. The Morgan fingerprint density at radius 3 is 2.47 bits per heavy atom. The van der Waals surface area contributed by atoms with Crippen LogP contribution < -0.4 is 5.73 Å². The van der Waals surface area contributed by atoms with E-state index in [0.29, 0.717) is 19.5 Å². The predicted octanol–water partition coefficient (Wildman–Crippen LogP) is 2.00. The van der Waals surface area contributed by atoms with E-state index in [-0.39, 0.29) is 0 Å². The van der Waals surface area contributed by atoms with Crippen molar-refractivity contribution in [2.75, 3.05) is 0 Å². The van der Waals surface area contributed by atoms with Crippen LogP contribution in [0.25, 0.3) is 0 Å². The molecule has 102 valence electrons. The molecule has 2 heterocycles. The smallest absolute Gasteiger partial charge is 0.326 e. The third-order valence-corrected chi connectivity index (χ3v) is 2.67. The van der Waals surface area contributed by atoms with E-state index in [0.717, 1.165) is 17.2 Å². The first kappa shape index (κ1) is 13.5. The molecule has 0 spiro atoms. The molecule has 0 aliphatic heterocycles. The van der Waals surface area contributed by atoms with Gasteiger partial charge in [-0.2, -0.15) is 18.3 Å². The third-order valence-electron chi connectivity index (χ3n) is 2.67. The lowest BCUT2D eigenvalue weighted by Crippen LogP contribution is -2.08. The Hall–Kier alpha value is -1.89. The summed E-state index contributed by atoms with van der Waals surface area (Å²) >= 11 is 0. The predicted molar refractivity (Wildman–Crippen MR) is 63.1 cm³/mol. The molecule has 2 N–H and O–H groups in total. The Morgan fingerprint density at radius 2 is 1.95 bits per heavy atom. The number of alkyl halides is 3. The largest absolute Gasteiger partial charge is 0.433 e. The Kier molecular flexibility index (Phi) is 3.84. The first-order valence-electron chi connectivity index (χ1n) is 5.72. The number of halogens is 3. The van der Waals surface area contributed by atoms with Crippen LogP contribution in [0.2, 0.25) is 0 Å². The summed E-state index contributed by atoms with van der Waals surface area (Å²) in [6.45, 7) is 0.995. The summed E-state index contributed by atoms with van der Waals surface area (Å²) in [5.74, 6) is 0. The number of aryl methyl sites for hydroxylation is 2. The van der Waals surface area contributed by atoms with E-state index >= 15 is 0 Å². The van der Waals surface area contributed by atoms with Gasteiger partial charge in [0.05, 0.1) is 6.20 Å². The quantitative estimate of drug-likeness (QED) is 0.924. The fraction of sp³-hybridized carbons (Fsp3) is 0.333. The molecule has 2 rings (SSSR count). The van der Waals surface area contributed by atoms with Gasteiger partial charge in [-0.1, -0.05) is 6.07 Å². The van der Waals surface area contributed by atoms with E-state index in [9.17, 15) is 13.2 Å². The van der Waals surface area contributed by atoms with Crippen LogP contribution in [0, 0.1) is 0 Å². The van der Waals surface area contributed by atoms with Crippen LogP contribution in [0.1, 0.15) is 16.8 Å². The van der Waals surface area contributed by atoms with E-state index in [1.54, 1.807) is 10.9 Å². The third kappa shape index (κ3) is 3.54. The number of aromatic nitrogens is 3. The van der Waals surface area contributed by atoms with Crippen LogP contribution in [-0.2, 0) is 25.7 Å². The second-order valence-corrected chi connectivity index (χ2v) is 4.12. The zero-order chi connectivity index (χ0) is 13.9. The first-order valence-corrected chi connectivity index (χ1v) is 5.72. The van der Waals surface area contributed by atoms with Crippen LogP contribution in [0.4, 0.5) is 13.2 Å². The lowest BCUT2D eigenvalue weighted by Gasteiger charge is -2.06. The lowest BCUT2D eigenvalue weighted by molar-refractivity contribution is -0.141. The maximum Gasteiger partial charge on any atom is 0.433 e. The zero-order valence-corrected chi connectivity index (χ0v) is 10.1. The summed E-state index contributed by atoms with van der Waals surface area (Å²) < 4.78 is 38.7. The van der Waals surface area contributed by atoms with Gasteiger partial charge in [0.25, 0.3) is 0 Å². The van der Waals surface area contributed by atoms with Gasteiger partial charge < -0.3 is 5.73 Å². The van der Waals surface area contributed by atoms with Gasteiger partial charge in [0, 0.05) is 31.0 Å². The molecule has 0 aromatic carbocycles. The van der Waals surface area contributed by atoms with Crippen molar-refractivity contribution in [1.29, 1.82) is 0 Å². The SMILES string of the molecule is NCc1cnn(CCc2ccc(C(F)(F)F)nc2)c1. The Morgan fingerprint density at radius 1 is 1.16 bits per heavy atom. The van der Waals surface area contributed by atoms with Crippen LogP contribution >= 0.6 is 0 Å². The summed E-state index contributed by atoms with van der Waals surface area (Å²) in [6, 6.07) is 2.42. The maximum atomic E-state index is 12.3. The monoisotopic (exact) mass is 270 g/mol. The standard InChI is InChI=1S/C12H13F3N4/c13-12(14,15)11-2-1-9(6-17-11)3-4-19-8-10(5-16)7-18-19/h1-2,6-8H,3-5,16H2. The van der Waals surface area contributed by atoms with Gasteiger partial charge in [0.1, 0.15) is 5.69 Å². The summed E-state index contributed by atoms with van der Waals surface area (Å²) in [5.41, 5.74) is 6.24. The van der Waals surface area contributed by atoms with Crippen LogP contribution in [0.3, 0.4) is 0 Å². The lowest BCUT2D eigenvalue weighted by atomic mass is 10.2. The number of rotatable bonds is 4. The fourth-order valence-corrected chi connectivity index (χ4v) is 1.62. The summed E-state index contributed by atoms with van der Waals surface area (Å²) in [7, 11) is 0. The van der Waals surface area contributed by atoms with E-state index in [1.165, 1.54) is 12.3 Å². The number of pyridine rings is 1. The Bertz CT molecular complexity index is 531. The van der Waals surface area contributed by atoms with Crippen LogP contribution in [0.5, 0.6) is 0 Å². The van der Waals surface area contributed by atoms with Crippen LogP contribution in [-0.4, -0.2) is 14.8 Å². The highest BCUT2D eigenvalue weighted by molar-refractivity contribution is 5.16. The molecule has 7 heteroatoms. The van der Waals surface area contributed by atoms with Gasteiger partial charge in [0.2, 0.25) is 0 Å². The molecule has 0 aliphatic rings. The molecule has 19 heavy (non-hydrogen) atoms. The molecule has 0 saturated carbocycles. The first-order chi connectivity index (χ1) is 8.99. The van der Waals surface area contributed by atoms with E-state index in [1.807, 2.05) is 6.20 Å². The average Bonchev–Trinajstić information content (AvgIpc) is 2.84. The van der Waals surface area contributed by atoms with Crippen molar-refractivity contribution in [3.63, 3.8) is 0 Å². The average molecular weight is 270 g/mol. The number of hydrogen-bond donors (Lipinski definition) is 1. The van der Waals surface area contributed by atoms with Gasteiger partial charge >= 0.3 is 6.18 Å². The molecule has 0 atom stereocenters. The minimum absolute atomic E-state index is 0.418. The van der Waals surface area contributed by atoms with E-state index < -0.39 is 11.9 Å². The van der Waals surface area contributed by atoms with Crippen LogP contribution in [0.15, 0.2) is 30.7 Å². The van der Waals surface area contributed by atoms with Crippen molar-refractivity contribution in [2.45, 2.75) is 25.7 Å². The minimum Gasteiger partial charge on any atom is -0.326 e. The van der Waals surface area contributed by atoms with Gasteiger partial charge in [0.15, 0.2) is 0 Å². The topological polar surface area (TPSA) is 56.7 Å². The number of nitrogens with zero attached hydrogens (tertiary/aromatic N) is 3. The second kappa shape index (κ2) is 5.40. The van der Waals surface area contributed by atoms with Crippen molar-refractivity contribution in [3.05, 3.63) is 47.5 Å². The maximum absolute atomic E-state index is 12.3. The highest BCUT2D eigenvalue weighted by atomic mass is 19.4. The van der Waals surface area contributed by atoms with E-state index in [4.69, 9.17) is 5.73 Å². The highest BCUT2D eigenvalue weighted by Gasteiger charge is 2.31. The summed E-state index contributed by atoms with van der Waals surface area (Å²) in [4.78, 5) is 3.41. The van der Waals surface area contributed by atoms with Gasteiger partial charge in [-0.05, 0) is 18.1 Å². The van der Waals surface area contributed by atoms with Crippen molar-refractivity contribution < 1.29 is 13.2 Å². The molecule has 0 saturated heterocycles. The molecule has 2 aromatic rings. The Labute approximate surface area is 108 Å². The highest BCUT2D eigenvalue weighted by Crippen LogP contribution is 2.27. The minimum atomic E-state index is -4.39. The molecule has 0 fully saturated rings. The molecule has 0 aliphatic carbocycles.